The number of ketones is 1. The van der Waals surface area contributed by atoms with E-state index in [1.807, 2.05) is 13.0 Å². The molecule has 0 spiro atoms. The van der Waals surface area contributed by atoms with Crippen LogP contribution in [0, 0.1) is 5.92 Å². The van der Waals surface area contributed by atoms with Gasteiger partial charge in [-0.3, -0.25) is 9.59 Å². The lowest BCUT2D eigenvalue weighted by Crippen LogP contribution is -2.39. The van der Waals surface area contributed by atoms with Gasteiger partial charge in [-0.2, -0.15) is 5.10 Å². The lowest BCUT2D eigenvalue weighted by atomic mass is 9.83. The number of halogens is 1. The molecule has 1 aromatic heterocycles. The third kappa shape index (κ3) is 3.10. The van der Waals surface area contributed by atoms with Gasteiger partial charge < -0.3 is 0 Å². The fraction of sp³-hybridized carbons (Fsp3) is 0.350. The summed E-state index contributed by atoms with van der Waals surface area (Å²) in [7, 11) is 0. The molecule has 1 aromatic carbocycles. The molecule has 26 heavy (non-hydrogen) atoms. The van der Waals surface area contributed by atoms with Gasteiger partial charge >= 0.3 is 0 Å². The van der Waals surface area contributed by atoms with E-state index < -0.39 is 0 Å². The number of hydrazone groups is 1. The highest BCUT2D eigenvalue weighted by Gasteiger charge is 2.36. The number of thiophene rings is 1. The largest absolute Gasteiger partial charge is 0.293 e. The maximum absolute atomic E-state index is 12.6. The third-order valence-corrected chi connectivity index (χ3v) is 6.37. The van der Waals surface area contributed by atoms with Gasteiger partial charge in [0.05, 0.1) is 16.3 Å². The van der Waals surface area contributed by atoms with Crippen molar-refractivity contribution in [1.82, 2.24) is 0 Å². The van der Waals surface area contributed by atoms with Gasteiger partial charge in [0.15, 0.2) is 5.78 Å². The summed E-state index contributed by atoms with van der Waals surface area (Å²) in [5.74, 6) is 0.342. The topological polar surface area (TPSA) is 49.7 Å². The van der Waals surface area contributed by atoms with Crippen molar-refractivity contribution >= 4 is 46.0 Å². The lowest BCUT2D eigenvalue weighted by Gasteiger charge is -2.32. The Morgan fingerprint density at radius 3 is 2.85 bits per heavy atom. The molecule has 2 aromatic rings. The van der Waals surface area contributed by atoms with Crippen LogP contribution in [0.4, 0.5) is 5.69 Å². The summed E-state index contributed by atoms with van der Waals surface area (Å²) in [6.45, 7) is 2.02. The second kappa shape index (κ2) is 6.97. The number of carbonyl (C=O) groups excluding carboxylic acids is 2. The van der Waals surface area contributed by atoms with Crippen LogP contribution >= 0.6 is 22.9 Å². The molecule has 1 atom stereocenters. The highest BCUT2D eigenvalue weighted by Crippen LogP contribution is 2.38. The number of benzene rings is 1. The first kappa shape index (κ1) is 17.4. The van der Waals surface area contributed by atoms with Crippen LogP contribution in [0.25, 0.3) is 0 Å². The molecular formula is C20H19ClN2O2S. The van der Waals surface area contributed by atoms with E-state index in [-0.39, 0.29) is 17.6 Å². The predicted molar refractivity (Wildman–Crippen MR) is 105 cm³/mol. The van der Waals surface area contributed by atoms with Gasteiger partial charge in [0.25, 0.3) is 0 Å². The van der Waals surface area contributed by atoms with Crippen LogP contribution in [0.2, 0.25) is 5.02 Å². The average molecular weight is 387 g/mol. The van der Waals surface area contributed by atoms with Crippen LogP contribution in [-0.4, -0.2) is 17.4 Å². The first-order valence-electron chi connectivity index (χ1n) is 8.90. The Hall–Kier alpha value is -1.98. The number of nitrogens with zero attached hydrogens (tertiary/aromatic N) is 2. The van der Waals surface area contributed by atoms with Crippen molar-refractivity contribution < 1.29 is 9.59 Å². The Balaban J connectivity index is 1.73. The van der Waals surface area contributed by atoms with E-state index in [4.69, 9.17) is 16.7 Å². The molecule has 1 unspecified atom stereocenters. The molecular weight excluding hydrogens is 368 g/mol. The fourth-order valence-electron chi connectivity index (χ4n) is 3.56. The number of amides is 1. The molecule has 1 aliphatic carbocycles. The Morgan fingerprint density at radius 1 is 1.35 bits per heavy atom. The summed E-state index contributed by atoms with van der Waals surface area (Å²) < 4.78 is 0. The smallest absolute Gasteiger partial charge is 0.248 e. The molecule has 134 valence electrons. The summed E-state index contributed by atoms with van der Waals surface area (Å²) in [6, 6.07) is 9.11. The summed E-state index contributed by atoms with van der Waals surface area (Å²) in [5.41, 5.74) is 2.71. The van der Waals surface area contributed by atoms with Crippen LogP contribution < -0.4 is 5.01 Å². The Morgan fingerprint density at radius 2 is 2.12 bits per heavy atom. The number of carbonyl (C=O) groups is 2. The van der Waals surface area contributed by atoms with Crippen LogP contribution in [0.5, 0.6) is 0 Å². The van der Waals surface area contributed by atoms with Gasteiger partial charge in [-0.15, -0.1) is 11.3 Å². The monoisotopic (exact) mass is 386 g/mol. The Labute approximate surface area is 161 Å². The molecule has 6 heteroatoms. The van der Waals surface area contributed by atoms with Crippen molar-refractivity contribution in [1.29, 1.82) is 0 Å². The summed E-state index contributed by atoms with van der Waals surface area (Å²) in [4.78, 5) is 26.9. The molecule has 0 N–H and O–H groups in total. The quantitative estimate of drug-likeness (QED) is 0.687. The number of hydrogen-bond donors (Lipinski definition) is 0. The normalized spacial score (nSPS) is 19.0. The van der Waals surface area contributed by atoms with Crippen LogP contribution in [-0.2, 0) is 11.2 Å². The number of aryl methyl sites for hydroxylation is 1. The van der Waals surface area contributed by atoms with Gasteiger partial charge in [0.1, 0.15) is 0 Å². The number of rotatable bonds is 4. The fourth-order valence-corrected chi connectivity index (χ4v) is 4.84. The molecule has 1 amide bonds. The molecule has 2 heterocycles. The molecule has 4 nitrogen and oxygen atoms in total. The van der Waals surface area contributed by atoms with Crippen LogP contribution in [0.1, 0.15) is 52.7 Å². The standard InChI is InChI=1S/C20H19ClN2O2S/c1-2-3-16(24)18-11-15-17(26-18)9-4-12-10-19(25)23(22-20(12)15)14-7-5-13(21)6-8-14/h5-8,11-12H,2-4,9-10H2,1H3. The highest BCUT2D eigenvalue weighted by atomic mass is 35.5. The van der Waals surface area contributed by atoms with Gasteiger partial charge in [-0.25, -0.2) is 5.01 Å². The minimum atomic E-state index is 0.00188. The van der Waals surface area contributed by atoms with E-state index in [1.54, 1.807) is 35.6 Å². The first-order valence-corrected chi connectivity index (χ1v) is 10.1. The average Bonchev–Trinajstić information content (AvgIpc) is 3.07. The van der Waals surface area contributed by atoms with Crippen LogP contribution in [0.3, 0.4) is 0 Å². The van der Waals surface area contributed by atoms with E-state index in [1.165, 1.54) is 9.89 Å². The number of fused-ring (bicyclic) bond motifs is 3. The summed E-state index contributed by atoms with van der Waals surface area (Å²) >= 11 is 7.54. The van der Waals surface area contributed by atoms with E-state index in [0.29, 0.717) is 17.9 Å². The zero-order valence-electron chi connectivity index (χ0n) is 14.5. The second-order valence-electron chi connectivity index (χ2n) is 6.73. The molecule has 0 saturated heterocycles. The molecule has 1 aliphatic heterocycles. The molecule has 0 fully saturated rings. The van der Waals surface area contributed by atoms with E-state index >= 15 is 0 Å². The lowest BCUT2D eigenvalue weighted by molar-refractivity contribution is -0.119. The van der Waals surface area contributed by atoms with Crippen molar-refractivity contribution in [3.8, 4) is 0 Å². The summed E-state index contributed by atoms with van der Waals surface area (Å²) in [5, 5.41) is 6.80. The minimum Gasteiger partial charge on any atom is -0.293 e. The van der Waals surface area contributed by atoms with Crippen molar-refractivity contribution in [2.45, 2.75) is 39.0 Å². The predicted octanol–water partition coefficient (Wildman–Crippen LogP) is 5.09. The van der Waals surface area contributed by atoms with Gasteiger partial charge in [-0.1, -0.05) is 18.5 Å². The molecule has 4 rings (SSSR count). The Kier molecular flexibility index (Phi) is 4.67. The first-order chi connectivity index (χ1) is 12.6. The van der Waals surface area contributed by atoms with Gasteiger partial charge in [0, 0.05) is 34.2 Å². The minimum absolute atomic E-state index is 0.00188. The third-order valence-electron chi connectivity index (χ3n) is 4.88. The molecule has 0 saturated carbocycles. The Bertz CT molecular complexity index is 901. The van der Waals surface area contributed by atoms with Gasteiger partial charge in [-0.05, 0) is 49.6 Å². The van der Waals surface area contributed by atoms with Crippen LogP contribution in [0.15, 0.2) is 35.4 Å². The zero-order chi connectivity index (χ0) is 18.3. The zero-order valence-corrected chi connectivity index (χ0v) is 16.1. The second-order valence-corrected chi connectivity index (χ2v) is 8.30. The van der Waals surface area contributed by atoms with Crippen molar-refractivity contribution in [3.63, 3.8) is 0 Å². The van der Waals surface area contributed by atoms with Crippen molar-refractivity contribution in [2.75, 3.05) is 5.01 Å². The maximum atomic E-state index is 12.6. The SMILES string of the molecule is CCCC(=O)c1cc2c(s1)CCC1CC(=O)N(c3ccc(Cl)cc3)N=C21. The van der Waals surface area contributed by atoms with E-state index in [0.717, 1.165) is 41.1 Å². The van der Waals surface area contributed by atoms with E-state index in [9.17, 15) is 9.59 Å². The van der Waals surface area contributed by atoms with Crippen molar-refractivity contribution in [3.05, 3.63) is 50.7 Å². The number of hydrogen-bond acceptors (Lipinski definition) is 4. The maximum Gasteiger partial charge on any atom is 0.248 e. The van der Waals surface area contributed by atoms with Gasteiger partial charge in [0.2, 0.25) is 5.91 Å². The molecule has 2 aliphatic rings. The molecule has 0 bridgehead atoms. The van der Waals surface area contributed by atoms with E-state index in [2.05, 4.69) is 0 Å². The highest BCUT2D eigenvalue weighted by molar-refractivity contribution is 7.14. The number of anilines is 1. The molecule has 0 radical (unpaired) electrons. The summed E-state index contributed by atoms with van der Waals surface area (Å²) in [6.07, 6.45) is 3.70. The number of Topliss-reactive ketones (excluding diaryl/α,β-unsaturated/α-hetero) is 1. The van der Waals surface area contributed by atoms with Crippen molar-refractivity contribution in [2.24, 2.45) is 11.0 Å².